The summed E-state index contributed by atoms with van der Waals surface area (Å²) in [5.74, 6) is -0.485. The third kappa shape index (κ3) is 6.19. The standard InChI is InChI=1S/C20H30ClN3O3/c1-13(2)18(23-19(25)16-5-7-17(21)8-6-16)20(26)22-14(3)15(4)24-9-11-27-12-10-24/h5-8,13-15,18H,9-12H2,1-4H3,(H,22,26)(H,23,25). The zero-order chi connectivity index (χ0) is 20.0. The average molecular weight is 396 g/mol. The number of carbonyl (C=O) groups excluding carboxylic acids is 2. The minimum atomic E-state index is -0.604. The molecule has 1 aromatic rings. The fourth-order valence-electron chi connectivity index (χ4n) is 3.10. The molecule has 1 fully saturated rings. The summed E-state index contributed by atoms with van der Waals surface area (Å²) in [4.78, 5) is 27.6. The van der Waals surface area contributed by atoms with E-state index >= 15 is 0 Å². The Labute approximate surface area is 166 Å². The van der Waals surface area contributed by atoms with Gasteiger partial charge in [-0.1, -0.05) is 25.4 Å². The van der Waals surface area contributed by atoms with Gasteiger partial charge in [0.05, 0.1) is 13.2 Å². The molecule has 1 heterocycles. The molecule has 7 heteroatoms. The summed E-state index contributed by atoms with van der Waals surface area (Å²) in [6.07, 6.45) is 0. The third-order valence-electron chi connectivity index (χ3n) is 5.06. The molecule has 0 saturated carbocycles. The van der Waals surface area contributed by atoms with Crippen LogP contribution >= 0.6 is 11.6 Å². The predicted molar refractivity (Wildman–Crippen MR) is 107 cm³/mol. The number of rotatable bonds is 7. The lowest BCUT2D eigenvalue weighted by atomic mass is 10.0. The SMILES string of the molecule is CC(C)C(NC(=O)c1ccc(Cl)cc1)C(=O)NC(C)C(C)N1CCOCC1. The van der Waals surface area contributed by atoms with E-state index in [0.717, 1.165) is 26.3 Å². The van der Waals surface area contributed by atoms with Crippen molar-refractivity contribution in [2.24, 2.45) is 5.92 Å². The van der Waals surface area contributed by atoms with Crippen molar-refractivity contribution in [2.75, 3.05) is 26.3 Å². The summed E-state index contributed by atoms with van der Waals surface area (Å²) in [6.45, 7) is 11.1. The first-order chi connectivity index (χ1) is 12.8. The first-order valence-electron chi connectivity index (χ1n) is 9.48. The van der Waals surface area contributed by atoms with Crippen molar-refractivity contribution in [1.82, 2.24) is 15.5 Å². The molecule has 0 radical (unpaired) electrons. The second kappa shape index (κ2) is 10.1. The van der Waals surface area contributed by atoms with E-state index in [2.05, 4.69) is 22.5 Å². The Morgan fingerprint density at radius 3 is 2.19 bits per heavy atom. The van der Waals surface area contributed by atoms with Crippen LogP contribution in [0, 0.1) is 5.92 Å². The summed E-state index contributed by atoms with van der Waals surface area (Å²) in [7, 11) is 0. The molecule has 0 aliphatic carbocycles. The number of amides is 2. The lowest BCUT2D eigenvalue weighted by Gasteiger charge is -2.36. The average Bonchev–Trinajstić information content (AvgIpc) is 2.66. The van der Waals surface area contributed by atoms with Crippen LogP contribution in [0.2, 0.25) is 5.02 Å². The van der Waals surface area contributed by atoms with Gasteiger partial charge in [0.25, 0.3) is 5.91 Å². The van der Waals surface area contributed by atoms with E-state index in [1.165, 1.54) is 0 Å². The first-order valence-corrected chi connectivity index (χ1v) is 9.86. The minimum Gasteiger partial charge on any atom is -0.379 e. The second-order valence-corrected chi connectivity index (χ2v) is 7.82. The highest BCUT2D eigenvalue weighted by molar-refractivity contribution is 6.30. The molecular formula is C20H30ClN3O3. The van der Waals surface area contributed by atoms with Crippen LogP contribution in [0.4, 0.5) is 0 Å². The molecule has 0 aromatic heterocycles. The molecule has 0 spiro atoms. The van der Waals surface area contributed by atoms with Crippen molar-refractivity contribution >= 4 is 23.4 Å². The number of nitrogens with one attached hydrogen (secondary N) is 2. The zero-order valence-electron chi connectivity index (χ0n) is 16.5. The maximum atomic E-state index is 12.8. The Hall–Kier alpha value is -1.63. The van der Waals surface area contributed by atoms with Crippen molar-refractivity contribution in [2.45, 2.75) is 45.8 Å². The van der Waals surface area contributed by atoms with Crippen molar-refractivity contribution < 1.29 is 14.3 Å². The van der Waals surface area contributed by atoms with Gasteiger partial charge in [0.2, 0.25) is 5.91 Å². The molecule has 27 heavy (non-hydrogen) atoms. The highest BCUT2D eigenvalue weighted by Crippen LogP contribution is 2.12. The fraction of sp³-hybridized carbons (Fsp3) is 0.600. The van der Waals surface area contributed by atoms with Gasteiger partial charge < -0.3 is 15.4 Å². The van der Waals surface area contributed by atoms with E-state index in [4.69, 9.17) is 16.3 Å². The summed E-state index contributed by atoms with van der Waals surface area (Å²) < 4.78 is 5.39. The molecule has 3 atom stereocenters. The highest BCUT2D eigenvalue weighted by atomic mass is 35.5. The maximum Gasteiger partial charge on any atom is 0.251 e. The Morgan fingerprint density at radius 2 is 1.63 bits per heavy atom. The van der Waals surface area contributed by atoms with Crippen molar-refractivity contribution in [3.05, 3.63) is 34.9 Å². The van der Waals surface area contributed by atoms with Gasteiger partial charge in [-0.2, -0.15) is 0 Å². The second-order valence-electron chi connectivity index (χ2n) is 7.39. The van der Waals surface area contributed by atoms with E-state index in [1.807, 2.05) is 20.8 Å². The first kappa shape index (κ1) is 21.7. The highest BCUT2D eigenvalue weighted by Gasteiger charge is 2.29. The number of halogens is 1. The van der Waals surface area contributed by atoms with Gasteiger partial charge in [-0.15, -0.1) is 0 Å². The van der Waals surface area contributed by atoms with Crippen LogP contribution in [-0.4, -0.2) is 61.1 Å². The Kier molecular flexibility index (Phi) is 8.07. The lowest BCUT2D eigenvalue weighted by Crippen LogP contribution is -2.57. The van der Waals surface area contributed by atoms with Crippen LogP contribution in [0.25, 0.3) is 0 Å². The number of hydrogen-bond donors (Lipinski definition) is 2. The van der Waals surface area contributed by atoms with E-state index in [1.54, 1.807) is 24.3 Å². The molecule has 6 nitrogen and oxygen atoms in total. The monoisotopic (exact) mass is 395 g/mol. The number of carbonyl (C=O) groups is 2. The van der Waals surface area contributed by atoms with Crippen LogP contribution in [0.1, 0.15) is 38.1 Å². The number of hydrogen-bond acceptors (Lipinski definition) is 4. The minimum absolute atomic E-state index is 0.0351. The van der Waals surface area contributed by atoms with E-state index < -0.39 is 6.04 Å². The van der Waals surface area contributed by atoms with Gasteiger partial charge in [-0.3, -0.25) is 14.5 Å². The van der Waals surface area contributed by atoms with Crippen LogP contribution in [0.5, 0.6) is 0 Å². The largest absolute Gasteiger partial charge is 0.379 e. The third-order valence-corrected chi connectivity index (χ3v) is 5.31. The predicted octanol–water partition coefficient (Wildman–Crippen LogP) is 2.32. The number of nitrogens with zero attached hydrogens (tertiary/aromatic N) is 1. The maximum absolute atomic E-state index is 12.8. The lowest BCUT2D eigenvalue weighted by molar-refractivity contribution is -0.125. The molecule has 1 aromatic carbocycles. The van der Waals surface area contributed by atoms with Crippen LogP contribution in [0.15, 0.2) is 24.3 Å². The number of benzene rings is 1. The van der Waals surface area contributed by atoms with Crippen molar-refractivity contribution in [3.63, 3.8) is 0 Å². The van der Waals surface area contributed by atoms with Gasteiger partial charge >= 0.3 is 0 Å². The van der Waals surface area contributed by atoms with Crippen LogP contribution in [0.3, 0.4) is 0 Å². The quantitative estimate of drug-likeness (QED) is 0.743. The van der Waals surface area contributed by atoms with E-state index in [0.29, 0.717) is 10.6 Å². The molecule has 2 rings (SSSR count). The van der Waals surface area contributed by atoms with Gasteiger partial charge in [-0.25, -0.2) is 0 Å². The summed E-state index contributed by atoms with van der Waals surface area (Å²) in [5.41, 5.74) is 0.479. The Bertz CT molecular complexity index is 630. The summed E-state index contributed by atoms with van der Waals surface area (Å²) in [6, 6.07) is 6.17. The fourth-order valence-corrected chi connectivity index (χ4v) is 3.22. The molecule has 3 unspecified atom stereocenters. The van der Waals surface area contributed by atoms with Crippen molar-refractivity contribution in [1.29, 1.82) is 0 Å². The topological polar surface area (TPSA) is 70.7 Å². The van der Waals surface area contributed by atoms with Gasteiger partial charge in [0.15, 0.2) is 0 Å². The molecular weight excluding hydrogens is 366 g/mol. The van der Waals surface area contributed by atoms with Crippen molar-refractivity contribution in [3.8, 4) is 0 Å². The molecule has 0 bridgehead atoms. The molecule has 1 aliphatic rings. The van der Waals surface area contributed by atoms with Crippen LogP contribution < -0.4 is 10.6 Å². The van der Waals surface area contributed by atoms with E-state index in [9.17, 15) is 9.59 Å². The Morgan fingerprint density at radius 1 is 1.04 bits per heavy atom. The normalized spacial score (nSPS) is 18.6. The zero-order valence-corrected chi connectivity index (χ0v) is 17.3. The summed E-state index contributed by atoms with van der Waals surface area (Å²) >= 11 is 5.87. The molecule has 2 N–H and O–H groups in total. The number of ether oxygens (including phenoxy) is 1. The van der Waals surface area contributed by atoms with Crippen LogP contribution in [-0.2, 0) is 9.53 Å². The molecule has 1 aliphatic heterocycles. The van der Waals surface area contributed by atoms with Gasteiger partial charge in [-0.05, 0) is 44.0 Å². The molecule has 150 valence electrons. The van der Waals surface area contributed by atoms with E-state index in [-0.39, 0.29) is 29.8 Å². The summed E-state index contributed by atoms with van der Waals surface area (Å²) in [5, 5.41) is 6.48. The van der Waals surface area contributed by atoms with Gasteiger partial charge in [0, 0.05) is 35.8 Å². The molecule has 1 saturated heterocycles. The van der Waals surface area contributed by atoms with Gasteiger partial charge in [0.1, 0.15) is 6.04 Å². The number of morpholine rings is 1. The molecule has 2 amide bonds. The Balaban J connectivity index is 1.97. The smallest absolute Gasteiger partial charge is 0.251 e.